The standard InChI is InChI=1S/C17H28N4O.ClH/c1-12-4-6-17(2,7-5-12)20-16(22)15-10-18-9-14(15)13-8-19-21(3)11-13;/h8,11-12,14-15,18H,4-7,9-10H2,1-3H3,(H,20,22);1H/t12?,14-,15+,17?;/m1./s1. The van der Waals surface area contributed by atoms with Crippen LogP contribution in [0.4, 0.5) is 0 Å². The quantitative estimate of drug-likeness (QED) is 0.887. The normalized spacial score (nSPS) is 34.0. The Balaban J connectivity index is 0.00000192. The summed E-state index contributed by atoms with van der Waals surface area (Å²) in [6, 6.07) is 0. The van der Waals surface area contributed by atoms with Gasteiger partial charge in [0.15, 0.2) is 0 Å². The highest BCUT2D eigenvalue weighted by molar-refractivity contribution is 5.85. The second kappa shape index (κ2) is 7.22. The lowest BCUT2D eigenvalue weighted by Gasteiger charge is -2.38. The SMILES string of the molecule is CC1CCC(C)(NC(=O)[C@H]2CNC[C@@H]2c2cnn(C)c2)CC1.Cl. The van der Waals surface area contributed by atoms with Crippen LogP contribution in [-0.2, 0) is 11.8 Å². The first-order valence-corrected chi connectivity index (χ1v) is 8.48. The fraction of sp³-hybridized carbons (Fsp3) is 0.765. The Bertz CT molecular complexity index is 536. The molecule has 5 nitrogen and oxygen atoms in total. The molecule has 1 aromatic heterocycles. The summed E-state index contributed by atoms with van der Waals surface area (Å²) in [5.74, 6) is 1.25. The van der Waals surface area contributed by atoms with Crippen molar-refractivity contribution in [2.75, 3.05) is 13.1 Å². The summed E-state index contributed by atoms with van der Waals surface area (Å²) >= 11 is 0. The van der Waals surface area contributed by atoms with Crippen molar-refractivity contribution < 1.29 is 4.79 Å². The number of carbonyl (C=O) groups is 1. The van der Waals surface area contributed by atoms with Gasteiger partial charge in [-0.1, -0.05) is 6.92 Å². The third-order valence-corrected chi connectivity index (χ3v) is 5.51. The number of carbonyl (C=O) groups excluding carboxylic acids is 1. The van der Waals surface area contributed by atoms with E-state index in [0.29, 0.717) is 0 Å². The van der Waals surface area contributed by atoms with Gasteiger partial charge in [-0.2, -0.15) is 5.10 Å². The number of rotatable bonds is 3. The smallest absolute Gasteiger partial charge is 0.225 e. The third kappa shape index (κ3) is 4.07. The van der Waals surface area contributed by atoms with E-state index < -0.39 is 0 Å². The minimum atomic E-state index is -0.0222. The number of nitrogens with zero attached hydrogens (tertiary/aromatic N) is 2. The molecule has 0 radical (unpaired) electrons. The highest BCUT2D eigenvalue weighted by Gasteiger charge is 2.38. The van der Waals surface area contributed by atoms with Crippen molar-refractivity contribution in [3.05, 3.63) is 18.0 Å². The Hall–Kier alpha value is -1.07. The van der Waals surface area contributed by atoms with Crippen molar-refractivity contribution in [1.29, 1.82) is 0 Å². The van der Waals surface area contributed by atoms with Crippen LogP contribution >= 0.6 is 12.4 Å². The summed E-state index contributed by atoms with van der Waals surface area (Å²) in [7, 11) is 1.92. The minimum Gasteiger partial charge on any atom is -0.351 e. The zero-order chi connectivity index (χ0) is 15.7. The molecule has 1 saturated carbocycles. The van der Waals surface area contributed by atoms with Gasteiger partial charge in [-0.05, 0) is 44.1 Å². The molecular weight excluding hydrogens is 312 g/mol. The molecule has 3 rings (SSSR count). The molecule has 0 bridgehead atoms. The van der Waals surface area contributed by atoms with Gasteiger partial charge in [-0.25, -0.2) is 0 Å². The molecule has 2 N–H and O–H groups in total. The topological polar surface area (TPSA) is 59.0 Å². The molecule has 1 aliphatic carbocycles. The van der Waals surface area contributed by atoms with E-state index in [-0.39, 0.29) is 35.7 Å². The molecule has 2 atom stereocenters. The van der Waals surface area contributed by atoms with Crippen molar-refractivity contribution in [1.82, 2.24) is 20.4 Å². The van der Waals surface area contributed by atoms with Crippen molar-refractivity contribution in [3.8, 4) is 0 Å². The monoisotopic (exact) mass is 340 g/mol. The van der Waals surface area contributed by atoms with Crippen molar-refractivity contribution in [2.24, 2.45) is 18.9 Å². The molecule has 1 saturated heterocycles. The Labute approximate surface area is 145 Å². The number of hydrogen-bond donors (Lipinski definition) is 2. The Morgan fingerprint density at radius 3 is 2.70 bits per heavy atom. The lowest BCUT2D eigenvalue weighted by molar-refractivity contribution is -0.127. The van der Waals surface area contributed by atoms with Gasteiger partial charge in [0.25, 0.3) is 0 Å². The molecule has 1 amide bonds. The first-order valence-electron chi connectivity index (χ1n) is 8.48. The van der Waals surface area contributed by atoms with Crippen LogP contribution in [0.5, 0.6) is 0 Å². The third-order valence-electron chi connectivity index (χ3n) is 5.51. The molecule has 130 valence electrons. The van der Waals surface area contributed by atoms with E-state index in [1.165, 1.54) is 12.8 Å². The predicted octanol–water partition coefficient (Wildman–Crippen LogP) is 2.23. The fourth-order valence-electron chi connectivity index (χ4n) is 3.85. The second-order valence-electron chi connectivity index (χ2n) is 7.55. The summed E-state index contributed by atoms with van der Waals surface area (Å²) in [5, 5.41) is 11.0. The molecule has 2 aliphatic rings. The van der Waals surface area contributed by atoms with Crippen molar-refractivity contribution in [2.45, 2.75) is 51.0 Å². The Kier molecular flexibility index (Phi) is 5.74. The fourth-order valence-corrected chi connectivity index (χ4v) is 3.85. The van der Waals surface area contributed by atoms with Crippen molar-refractivity contribution in [3.63, 3.8) is 0 Å². The van der Waals surface area contributed by atoms with E-state index in [1.54, 1.807) is 0 Å². The molecule has 0 aromatic carbocycles. The first kappa shape index (κ1) is 18.3. The molecule has 6 heteroatoms. The van der Waals surface area contributed by atoms with E-state index in [4.69, 9.17) is 0 Å². The second-order valence-corrected chi connectivity index (χ2v) is 7.55. The Morgan fingerprint density at radius 1 is 1.39 bits per heavy atom. The maximum atomic E-state index is 12.8. The zero-order valence-electron chi connectivity index (χ0n) is 14.3. The van der Waals surface area contributed by atoms with E-state index in [9.17, 15) is 4.79 Å². The number of amides is 1. The van der Waals surface area contributed by atoms with Crippen LogP contribution in [0.2, 0.25) is 0 Å². The van der Waals surface area contributed by atoms with Gasteiger partial charge in [0.2, 0.25) is 5.91 Å². The van der Waals surface area contributed by atoms with Crippen LogP contribution in [-0.4, -0.2) is 34.3 Å². The van der Waals surface area contributed by atoms with Crippen LogP contribution in [0.25, 0.3) is 0 Å². The van der Waals surface area contributed by atoms with Gasteiger partial charge < -0.3 is 10.6 Å². The van der Waals surface area contributed by atoms with E-state index in [0.717, 1.165) is 37.4 Å². The molecule has 0 unspecified atom stereocenters. The van der Waals surface area contributed by atoms with Crippen LogP contribution in [0.15, 0.2) is 12.4 Å². The number of nitrogens with one attached hydrogen (secondary N) is 2. The largest absolute Gasteiger partial charge is 0.351 e. The lowest BCUT2D eigenvalue weighted by atomic mass is 9.78. The van der Waals surface area contributed by atoms with Gasteiger partial charge in [0.05, 0.1) is 12.1 Å². The van der Waals surface area contributed by atoms with Crippen LogP contribution < -0.4 is 10.6 Å². The van der Waals surface area contributed by atoms with Crippen LogP contribution in [0, 0.1) is 11.8 Å². The average Bonchev–Trinajstić information content (AvgIpc) is 3.10. The number of aromatic nitrogens is 2. The predicted molar refractivity (Wildman–Crippen MR) is 93.7 cm³/mol. The zero-order valence-corrected chi connectivity index (χ0v) is 15.2. The molecule has 1 aromatic rings. The molecule has 2 fully saturated rings. The number of aryl methyl sites for hydroxylation is 1. The van der Waals surface area contributed by atoms with Gasteiger partial charge in [0, 0.05) is 37.8 Å². The molecule has 23 heavy (non-hydrogen) atoms. The summed E-state index contributed by atoms with van der Waals surface area (Å²) in [6.07, 6.45) is 8.54. The maximum absolute atomic E-state index is 12.8. The van der Waals surface area contributed by atoms with Crippen LogP contribution in [0.3, 0.4) is 0 Å². The molecule has 0 spiro atoms. The van der Waals surface area contributed by atoms with E-state index >= 15 is 0 Å². The summed E-state index contributed by atoms with van der Waals surface area (Å²) in [5.41, 5.74) is 1.14. The molecular formula is C17H29ClN4O. The average molecular weight is 341 g/mol. The van der Waals surface area contributed by atoms with Gasteiger partial charge >= 0.3 is 0 Å². The van der Waals surface area contributed by atoms with Crippen molar-refractivity contribution >= 4 is 18.3 Å². The van der Waals surface area contributed by atoms with Crippen LogP contribution in [0.1, 0.15) is 51.0 Å². The number of halogens is 1. The maximum Gasteiger partial charge on any atom is 0.225 e. The summed E-state index contributed by atoms with van der Waals surface area (Å²) < 4.78 is 1.81. The highest BCUT2D eigenvalue weighted by atomic mass is 35.5. The lowest BCUT2D eigenvalue weighted by Crippen LogP contribution is -2.51. The van der Waals surface area contributed by atoms with Gasteiger partial charge in [0.1, 0.15) is 0 Å². The van der Waals surface area contributed by atoms with E-state index in [2.05, 4.69) is 29.6 Å². The number of hydrogen-bond acceptors (Lipinski definition) is 3. The van der Waals surface area contributed by atoms with E-state index in [1.807, 2.05) is 24.1 Å². The molecule has 2 heterocycles. The first-order chi connectivity index (χ1) is 10.5. The van der Waals surface area contributed by atoms with Gasteiger partial charge in [-0.15, -0.1) is 12.4 Å². The minimum absolute atomic E-state index is 0. The summed E-state index contributed by atoms with van der Waals surface area (Å²) in [4.78, 5) is 12.8. The molecule has 1 aliphatic heterocycles. The highest BCUT2D eigenvalue weighted by Crippen LogP contribution is 2.33. The van der Waals surface area contributed by atoms with Gasteiger partial charge in [-0.3, -0.25) is 9.48 Å². The Morgan fingerprint density at radius 2 is 2.09 bits per heavy atom. The summed E-state index contributed by atoms with van der Waals surface area (Å²) in [6.45, 7) is 6.13.